The number of carbonyl (C=O) groups excluding carboxylic acids is 1. The molecule has 5 nitrogen and oxygen atoms in total. The molecule has 1 aromatic rings. The Morgan fingerprint density at radius 1 is 1.56 bits per heavy atom. The fourth-order valence-corrected chi connectivity index (χ4v) is 1.95. The zero-order chi connectivity index (χ0) is 13.6. The number of hydrogen-bond acceptors (Lipinski definition) is 6. The first-order valence-corrected chi connectivity index (χ1v) is 6.77. The van der Waals surface area contributed by atoms with E-state index in [1.165, 1.54) is 11.8 Å². The van der Waals surface area contributed by atoms with Gasteiger partial charge in [0.1, 0.15) is 5.60 Å². The van der Waals surface area contributed by atoms with Crippen molar-refractivity contribution in [2.24, 2.45) is 5.84 Å². The number of aromatic nitrogens is 1. The summed E-state index contributed by atoms with van der Waals surface area (Å²) in [5.41, 5.74) is 3.80. The maximum atomic E-state index is 11.5. The van der Waals surface area contributed by atoms with E-state index in [4.69, 9.17) is 10.6 Å². The third-order valence-electron chi connectivity index (χ3n) is 1.87. The number of ether oxygens (including phenoxy) is 1. The molecule has 0 saturated carbocycles. The summed E-state index contributed by atoms with van der Waals surface area (Å²) in [5, 5.41) is 0. The number of rotatable bonds is 5. The fraction of sp³-hybridized carbons (Fsp3) is 0.500. The maximum absolute atomic E-state index is 11.5. The molecule has 0 spiro atoms. The van der Waals surface area contributed by atoms with Crippen LogP contribution in [-0.2, 0) is 15.3 Å². The van der Waals surface area contributed by atoms with Crippen LogP contribution >= 0.6 is 11.8 Å². The minimum atomic E-state index is -0.431. The maximum Gasteiger partial charge on any atom is 0.316 e. The highest BCUT2D eigenvalue weighted by molar-refractivity contribution is 7.99. The number of hydrazine groups is 1. The van der Waals surface area contributed by atoms with Gasteiger partial charge in [-0.3, -0.25) is 15.6 Å². The number of pyridine rings is 1. The number of anilines is 1. The van der Waals surface area contributed by atoms with Crippen molar-refractivity contribution >= 4 is 23.4 Å². The van der Waals surface area contributed by atoms with Gasteiger partial charge in [-0.15, -0.1) is 11.8 Å². The van der Waals surface area contributed by atoms with Gasteiger partial charge in [-0.05, 0) is 32.9 Å². The van der Waals surface area contributed by atoms with Crippen LogP contribution in [0.1, 0.15) is 26.5 Å². The number of hydrogen-bond donors (Lipinski definition) is 2. The summed E-state index contributed by atoms with van der Waals surface area (Å²) in [6.07, 6.45) is 1.68. The lowest BCUT2D eigenvalue weighted by Gasteiger charge is -2.19. The van der Waals surface area contributed by atoms with Crippen molar-refractivity contribution in [3.05, 3.63) is 24.0 Å². The Kier molecular flexibility index (Phi) is 5.43. The second-order valence-corrected chi connectivity index (χ2v) is 5.75. The van der Waals surface area contributed by atoms with E-state index in [0.717, 1.165) is 11.4 Å². The SMILES string of the molecule is CC(C)(C)OC(=O)CSCc1cc(NN)ccn1. The van der Waals surface area contributed by atoms with Crippen molar-refractivity contribution in [2.45, 2.75) is 32.1 Å². The molecule has 0 fully saturated rings. The highest BCUT2D eigenvalue weighted by atomic mass is 32.2. The number of carbonyl (C=O) groups is 1. The highest BCUT2D eigenvalue weighted by Crippen LogP contribution is 2.15. The van der Waals surface area contributed by atoms with Crippen LogP contribution in [0.5, 0.6) is 0 Å². The van der Waals surface area contributed by atoms with Crippen molar-refractivity contribution in [3.63, 3.8) is 0 Å². The Balaban J connectivity index is 2.35. The zero-order valence-corrected chi connectivity index (χ0v) is 11.7. The Labute approximate surface area is 111 Å². The molecular weight excluding hydrogens is 250 g/mol. The van der Waals surface area contributed by atoms with Gasteiger partial charge >= 0.3 is 5.97 Å². The summed E-state index contributed by atoms with van der Waals surface area (Å²) in [6, 6.07) is 3.63. The van der Waals surface area contributed by atoms with Crippen LogP contribution in [0.25, 0.3) is 0 Å². The number of esters is 1. The van der Waals surface area contributed by atoms with Gasteiger partial charge in [-0.1, -0.05) is 0 Å². The quantitative estimate of drug-likeness (QED) is 0.483. The number of thioether (sulfide) groups is 1. The molecule has 0 aliphatic heterocycles. The normalized spacial score (nSPS) is 11.1. The predicted octanol–water partition coefficient (Wildman–Crippen LogP) is 1.94. The van der Waals surface area contributed by atoms with Crippen molar-refractivity contribution in [2.75, 3.05) is 11.2 Å². The van der Waals surface area contributed by atoms with E-state index in [9.17, 15) is 4.79 Å². The lowest BCUT2D eigenvalue weighted by atomic mass is 10.2. The molecule has 0 bridgehead atoms. The van der Waals surface area contributed by atoms with Gasteiger partial charge in [0.15, 0.2) is 0 Å². The molecule has 1 heterocycles. The number of nitrogens with one attached hydrogen (secondary N) is 1. The van der Waals surface area contributed by atoms with Crippen LogP contribution in [0.2, 0.25) is 0 Å². The van der Waals surface area contributed by atoms with E-state index in [1.54, 1.807) is 12.3 Å². The summed E-state index contributed by atoms with van der Waals surface area (Å²) in [7, 11) is 0. The molecule has 1 aromatic heterocycles. The van der Waals surface area contributed by atoms with Gasteiger partial charge in [-0.25, -0.2) is 0 Å². The van der Waals surface area contributed by atoms with Gasteiger partial charge < -0.3 is 10.2 Å². The Morgan fingerprint density at radius 2 is 2.28 bits per heavy atom. The van der Waals surface area contributed by atoms with Crippen LogP contribution in [0.3, 0.4) is 0 Å². The zero-order valence-electron chi connectivity index (χ0n) is 10.9. The second kappa shape index (κ2) is 6.61. The largest absolute Gasteiger partial charge is 0.459 e. The molecular formula is C12H19N3O2S. The molecule has 6 heteroatoms. The lowest BCUT2D eigenvalue weighted by Crippen LogP contribution is -2.24. The average Bonchev–Trinajstić information content (AvgIpc) is 2.27. The summed E-state index contributed by atoms with van der Waals surface area (Å²) >= 11 is 1.47. The van der Waals surface area contributed by atoms with E-state index in [0.29, 0.717) is 11.5 Å². The van der Waals surface area contributed by atoms with Crippen molar-refractivity contribution < 1.29 is 9.53 Å². The van der Waals surface area contributed by atoms with Crippen molar-refractivity contribution in [1.82, 2.24) is 4.98 Å². The Bertz CT molecular complexity index is 405. The third-order valence-corrected chi connectivity index (χ3v) is 2.81. The van der Waals surface area contributed by atoms with Crippen LogP contribution in [0, 0.1) is 0 Å². The van der Waals surface area contributed by atoms with Gasteiger partial charge in [0.2, 0.25) is 0 Å². The van der Waals surface area contributed by atoms with Crippen molar-refractivity contribution in [3.8, 4) is 0 Å². The van der Waals surface area contributed by atoms with E-state index in [-0.39, 0.29) is 5.97 Å². The Hall–Kier alpha value is -1.27. The number of nitrogens with zero attached hydrogens (tertiary/aromatic N) is 1. The molecule has 0 saturated heterocycles. The minimum Gasteiger partial charge on any atom is -0.459 e. The summed E-state index contributed by atoms with van der Waals surface area (Å²) in [6.45, 7) is 5.56. The predicted molar refractivity (Wildman–Crippen MR) is 74.1 cm³/mol. The molecule has 0 radical (unpaired) electrons. The summed E-state index contributed by atoms with van der Waals surface area (Å²) < 4.78 is 5.21. The Morgan fingerprint density at radius 3 is 2.89 bits per heavy atom. The molecule has 1 rings (SSSR count). The minimum absolute atomic E-state index is 0.208. The van der Waals surface area contributed by atoms with Gasteiger partial charge in [0.25, 0.3) is 0 Å². The molecule has 18 heavy (non-hydrogen) atoms. The molecule has 0 atom stereocenters. The first kappa shape index (κ1) is 14.8. The topological polar surface area (TPSA) is 77.2 Å². The van der Waals surface area contributed by atoms with Crippen molar-refractivity contribution in [1.29, 1.82) is 0 Å². The third kappa shape index (κ3) is 5.88. The molecule has 0 aromatic carbocycles. The summed E-state index contributed by atoms with van der Waals surface area (Å²) in [4.78, 5) is 15.7. The monoisotopic (exact) mass is 269 g/mol. The van der Waals surface area contributed by atoms with Crippen LogP contribution < -0.4 is 11.3 Å². The lowest BCUT2D eigenvalue weighted by molar-refractivity contribution is -0.151. The van der Waals surface area contributed by atoms with Crippen LogP contribution in [-0.4, -0.2) is 22.3 Å². The molecule has 3 N–H and O–H groups in total. The van der Waals surface area contributed by atoms with E-state index in [2.05, 4.69) is 10.4 Å². The summed E-state index contributed by atoms with van der Waals surface area (Å²) in [5.74, 6) is 6.06. The van der Waals surface area contributed by atoms with E-state index in [1.807, 2.05) is 26.8 Å². The van der Waals surface area contributed by atoms with Crippen LogP contribution in [0.4, 0.5) is 5.69 Å². The molecule has 100 valence electrons. The van der Waals surface area contributed by atoms with Crippen LogP contribution in [0.15, 0.2) is 18.3 Å². The van der Waals surface area contributed by atoms with Gasteiger partial charge in [0, 0.05) is 11.9 Å². The molecule has 0 unspecified atom stereocenters. The number of nitrogen functional groups attached to an aromatic ring is 1. The first-order valence-electron chi connectivity index (χ1n) is 5.62. The average molecular weight is 269 g/mol. The molecule has 0 aliphatic rings. The fourth-order valence-electron chi connectivity index (χ4n) is 1.26. The van der Waals surface area contributed by atoms with E-state index < -0.39 is 5.60 Å². The second-order valence-electron chi connectivity index (χ2n) is 4.76. The highest BCUT2D eigenvalue weighted by Gasteiger charge is 2.15. The molecule has 0 amide bonds. The van der Waals surface area contributed by atoms with Gasteiger partial charge in [-0.2, -0.15) is 0 Å². The van der Waals surface area contributed by atoms with E-state index >= 15 is 0 Å². The number of nitrogens with two attached hydrogens (primary N) is 1. The smallest absolute Gasteiger partial charge is 0.316 e. The first-order chi connectivity index (χ1) is 8.40. The standard InChI is InChI=1S/C12H19N3O2S/c1-12(2,3)17-11(16)8-18-7-10-6-9(15-13)4-5-14-10/h4-6H,7-8,13H2,1-3H3,(H,14,15). The van der Waals surface area contributed by atoms with Gasteiger partial charge in [0.05, 0.1) is 17.1 Å². The molecule has 0 aliphatic carbocycles.